The summed E-state index contributed by atoms with van der Waals surface area (Å²) in [6.45, 7) is 13.0. The van der Waals surface area contributed by atoms with E-state index in [2.05, 4.69) is 11.7 Å². The number of nitrogens with two attached hydrogens (primary N) is 1. The van der Waals surface area contributed by atoms with E-state index >= 15 is 0 Å². The van der Waals surface area contributed by atoms with E-state index in [1.165, 1.54) is 6.08 Å². The lowest BCUT2D eigenvalue weighted by Gasteiger charge is -2.24. The maximum atomic E-state index is 14.7. The van der Waals surface area contributed by atoms with Crippen LogP contribution in [0.25, 0.3) is 5.76 Å². The Morgan fingerprint density at radius 3 is 2.56 bits per heavy atom. The molecule has 39 heavy (non-hydrogen) atoms. The minimum Gasteiger partial charge on any atom is -0.496 e. The Balaban J connectivity index is 2.09. The third-order valence-corrected chi connectivity index (χ3v) is 8.14. The summed E-state index contributed by atoms with van der Waals surface area (Å²) in [6, 6.07) is 3.62. The van der Waals surface area contributed by atoms with Gasteiger partial charge in [0.15, 0.2) is 5.83 Å². The first-order chi connectivity index (χ1) is 18.6. The van der Waals surface area contributed by atoms with Crippen molar-refractivity contribution in [3.63, 3.8) is 0 Å². The van der Waals surface area contributed by atoms with Crippen molar-refractivity contribution in [3.05, 3.63) is 52.7 Å². The Morgan fingerprint density at radius 1 is 1.31 bits per heavy atom. The van der Waals surface area contributed by atoms with E-state index in [1.54, 1.807) is 33.1 Å². The van der Waals surface area contributed by atoms with Crippen LogP contribution in [0.15, 0.2) is 46.6 Å². The molecule has 2 N–H and O–H groups in total. The fraction of sp³-hybridized carbons (Fsp3) is 0.536. The number of hydrogen-bond acceptors (Lipinski definition) is 9. The highest BCUT2D eigenvalue weighted by Gasteiger charge is 2.26. The first-order valence-electron chi connectivity index (χ1n) is 13.1. The molecule has 0 bridgehead atoms. The van der Waals surface area contributed by atoms with E-state index in [-0.39, 0.29) is 24.6 Å². The summed E-state index contributed by atoms with van der Waals surface area (Å²) in [6.07, 6.45) is 4.49. The Morgan fingerprint density at radius 2 is 2.00 bits per heavy atom. The van der Waals surface area contributed by atoms with Gasteiger partial charge in [-0.1, -0.05) is 6.92 Å². The van der Waals surface area contributed by atoms with Crippen molar-refractivity contribution in [1.82, 2.24) is 4.90 Å². The molecular formula is C28H43FN3O6P. The van der Waals surface area contributed by atoms with Gasteiger partial charge in [-0.25, -0.2) is 4.39 Å². The zero-order valence-corrected chi connectivity index (χ0v) is 24.9. The normalized spacial score (nSPS) is 16.5. The quantitative estimate of drug-likeness (QED) is 0.0981. The summed E-state index contributed by atoms with van der Waals surface area (Å²) in [5, 5.41) is 0. The minimum absolute atomic E-state index is 0.208. The average molecular weight is 568 g/mol. The lowest BCUT2D eigenvalue weighted by atomic mass is 9.97. The zero-order chi connectivity index (χ0) is 29.0. The molecule has 2 rings (SSSR count). The van der Waals surface area contributed by atoms with Crippen molar-refractivity contribution in [2.75, 3.05) is 46.8 Å². The van der Waals surface area contributed by atoms with E-state index in [4.69, 9.17) is 29.0 Å². The third-order valence-electron chi connectivity index (χ3n) is 6.01. The van der Waals surface area contributed by atoms with Gasteiger partial charge in [-0.3, -0.25) is 14.5 Å². The van der Waals surface area contributed by atoms with Crippen LogP contribution in [-0.2, 0) is 29.7 Å². The van der Waals surface area contributed by atoms with Crippen LogP contribution in [0.4, 0.5) is 10.1 Å². The second-order valence-electron chi connectivity index (χ2n) is 9.20. The highest BCUT2D eigenvalue weighted by atomic mass is 31.2. The Labute approximate surface area is 232 Å². The number of halogens is 1. The smallest absolute Gasteiger partial charge is 0.344 e. The number of rotatable bonds is 17. The molecule has 9 nitrogen and oxygen atoms in total. The Kier molecular flexibility index (Phi) is 13.4. The van der Waals surface area contributed by atoms with Gasteiger partial charge in [0.25, 0.3) is 0 Å². The molecule has 0 heterocycles. The van der Waals surface area contributed by atoms with Gasteiger partial charge in [-0.05, 0) is 65.6 Å². The maximum Gasteiger partial charge on any atom is 0.344 e. The van der Waals surface area contributed by atoms with Crippen LogP contribution in [0.2, 0.25) is 0 Å². The van der Waals surface area contributed by atoms with Gasteiger partial charge < -0.3 is 29.0 Å². The molecule has 1 aliphatic rings. The number of benzene rings is 1. The lowest BCUT2D eigenvalue weighted by molar-refractivity contribution is 0.109. The minimum atomic E-state index is -3.14. The highest BCUT2D eigenvalue weighted by Crippen LogP contribution is 2.48. The number of methoxy groups -OCH3 is 1. The van der Waals surface area contributed by atoms with Crippen LogP contribution in [0.1, 0.15) is 51.7 Å². The molecule has 1 aromatic rings. The molecule has 0 radical (unpaired) electrons. The van der Waals surface area contributed by atoms with E-state index in [0.717, 1.165) is 5.56 Å². The Hall–Kier alpha value is -2.49. The molecule has 0 aliphatic heterocycles. The van der Waals surface area contributed by atoms with Gasteiger partial charge in [0.05, 0.1) is 32.6 Å². The summed E-state index contributed by atoms with van der Waals surface area (Å²) >= 11 is 0. The molecule has 1 aromatic carbocycles. The van der Waals surface area contributed by atoms with Gasteiger partial charge in [0.2, 0.25) is 0 Å². The summed E-state index contributed by atoms with van der Waals surface area (Å²) in [7, 11) is 0.304. The van der Waals surface area contributed by atoms with Crippen LogP contribution in [-0.4, -0.2) is 58.4 Å². The average Bonchev–Trinajstić information content (AvgIpc) is 2.88. The number of hydrogen-bond donors (Lipinski definition) is 1. The molecule has 0 spiro atoms. The SMILES string of the molecule is C=Nc1cc(OC)c(COCCCN(C)CP(=O)(OCC)OCC)cc1/C(=C\C)OC1=C(F)C=C(N)CC1C. The number of nitrogens with zero attached hydrogens (tertiary/aromatic N) is 2. The predicted molar refractivity (Wildman–Crippen MR) is 154 cm³/mol. The summed E-state index contributed by atoms with van der Waals surface area (Å²) in [5.41, 5.74) is 8.27. The fourth-order valence-corrected chi connectivity index (χ4v) is 6.01. The molecule has 11 heteroatoms. The Bertz CT molecular complexity index is 1110. The van der Waals surface area contributed by atoms with Crippen molar-refractivity contribution in [2.45, 2.75) is 47.1 Å². The highest BCUT2D eigenvalue weighted by molar-refractivity contribution is 7.53. The van der Waals surface area contributed by atoms with E-state index in [0.29, 0.717) is 67.7 Å². The van der Waals surface area contributed by atoms with Crippen LogP contribution in [0.5, 0.6) is 5.75 Å². The first kappa shape index (κ1) is 32.7. The van der Waals surface area contributed by atoms with Crippen molar-refractivity contribution >= 4 is 25.8 Å². The van der Waals surface area contributed by atoms with Crippen LogP contribution in [0, 0.1) is 5.92 Å². The molecule has 218 valence electrons. The van der Waals surface area contributed by atoms with Crippen molar-refractivity contribution in [1.29, 1.82) is 0 Å². The predicted octanol–water partition coefficient (Wildman–Crippen LogP) is 6.53. The van der Waals surface area contributed by atoms with E-state index in [1.807, 2.05) is 31.9 Å². The van der Waals surface area contributed by atoms with Crippen LogP contribution in [0.3, 0.4) is 0 Å². The molecule has 0 saturated carbocycles. The maximum absolute atomic E-state index is 14.7. The summed E-state index contributed by atoms with van der Waals surface area (Å²) < 4.78 is 55.7. The first-order valence-corrected chi connectivity index (χ1v) is 14.9. The van der Waals surface area contributed by atoms with Crippen LogP contribution >= 0.6 is 7.60 Å². The molecule has 0 amide bonds. The summed E-state index contributed by atoms with van der Waals surface area (Å²) in [4.78, 5) is 6.05. The van der Waals surface area contributed by atoms with E-state index in [9.17, 15) is 8.96 Å². The van der Waals surface area contributed by atoms with Gasteiger partial charge in [-0.2, -0.15) is 0 Å². The monoisotopic (exact) mass is 567 g/mol. The molecule has 0 aromatic heterocycles. The lowest BCUT2D eigenvalue weighted by Crippen LogP contribution is -2.23. The van der Waals surface area contributed by atoms with Crippen LogP contribution < -0.4 is 10.5 Å². The molecule has 1 unspecified atom stereocenters. The standard InChI is InChI=1S/C28H43FN3O6P/c1-8-26(38-28-20(4)14-22(30)16-24(28)29)23-15-21(27(34-7)17-25(23)31-5)18-35-13-11-12-32(6)19-39(33,36-9-2)37-10-3/h8,15-17,20H,5,9-14,18-19,30H2,1-4,6-7H3/b26-8+. The van der Waals surface area contributed by atoms with Gasteiger partial charge in [0, 0.05) is 42.0 Å². The third kappa shape index (κ3) is 9.58. The topological polar surface area (TPSA) is 105 Å². The number of ether oxygens (including phenoxy) is 3. The van der Waals surface area contributed by atoms with E-state index < -0.39 is 13.4 Å². The van der Waals surface area contributed by atoms with Crippen molar-refractivity contribution in [2.24, 2.45) is 16.6 Å². The van der Waals surface area contributed by atoms with Crippen molar-refractivity contribution in [3.8, 4) is 5.75 Å². The molecular weight excluding hydrogens is 524 g/mol. The van der Waals surface area contributed by atoms with Gasteiger partial charge >= 0.3 is 7.60 Å². The second-order valence-corrected chi connectivity index (χ2v) is 11.2. The molecule has 1 atom stereocenters. The molecule has 0 saturated heterocycles. The number of aliphatic imine (C=N–C) groups is 1. The number of allylic oxidation sites excluding steroid dienone is 5. The molecule has 1 aliphatic carbocycles. The van der Waals surface area contributed by atoms with Gasteiger partial charge in [0.1, 0.15) is 23.6 Å². The fourth-order valence-electron chi connectivity index (χ4n) is 4.25. The van der Waals surface area contributed by atoms with Gasteiger partial charge in [-0.15, -0.1) is 0 Å². The largest absolute Gasteiger partial charge is 0.496 e. The van der Waals surface area contributed by atoms with Crippen molar-refractivity contribution < 1.29 is 32.2 Å². The summed E-state index contributed by atoms with van der Waals surface area (Å²) in [5.74, 6) is 0.570. The second kappa shape index (κ2) is 15.9. The molecule has 0 fully saturated rings. The zero-order valence-electron chi connectivity index (χ0n) is 24.0.